The van der Waals surface area contributed by atoms with Crippen LogP contribution in [0.5, 0.6) is 0 Å². The van der Waals surface area contributed by atoms with Gasteiger partial charge in [-0.2, -0.15) is 0 Å². The second kappa shape index (κ2) is 5.87. The molecule has 0 saturated carbocycles. The number of carbonyl (C=O) groups is 1. The lowest BCUT2D eigenvalue weighted by atomic mass is 10.2. The Labute approximate surface area is 129 Å². The SMILES string of the molecule is O=C([O-])c1cc(Cl)c(=O)n(Cc2ccc(Cl)c(Cl)c2)c1. The smallest absolute Gasteiger partial charge is 0.269 e. The Bertz CT molecular complexity index is 740. The van der Waals surface area contributed by atoms with E-state index in [2.05, 4.69) is 0 Å². The molecule has 4 nitrogen and oxygen atoms in total. The van der Waals surface area contributed by atoms with Gasteiger partial charge >= 0.3 is 0 Å². The lowest BCUT2D eigenvalue weighted by molar-refractivity contribution is -0.255. The molecule has 0 amide bonds. The van der Waals surface area contributed by atoms with Crippen molar-refractivity contribution in [3.05, 3.63) is 67.0 Å². The van der Waals surface area contributed by atoms with Gasteiger partial charge in [0.2, 0.25) is 0 Å². The highest BCUT2D eigenvalue weighted by atomic mass is 35.5. The van der Waals surface area contributed by atoms with E-state index in [4.69, 9.17) is 34.8 Å². The standard InChI is InChI=1S/C13H8Cl3NO3/c14-9-2-1-7(3-10(9)15)5-17-6-8(13(19)20)4-11(16)12(17)18/h1-4,6H,5H2,(H,19,20)/p-1. The number of benzene rings is 1. The topological polar surface area (TPSA) is 62.1 Å². The largest absolute Gasteiger partial charge is 0.545 e. The van der Waals surface area contributed by atoms with Gasteiger partial charge in [-0.05, 0) is 23.8 Å². The normalized spacial score (nSPS) is 10.6. The molecular weight excluding hydrogens is 325 g/mol. The predicted molar refractivity (Wildman–Crippen MR) is 75.6 cm³/mol. The molecule has 104 valence electrons. The molecule has 1 heterocycles. The van der Waals surface area contributed by atoms with Gasteiger partial charge in [0.15, 0.2) is 0 Å². The van der Waals surface area contributed by atoms with E-state index < -0.39 is 11.5 Å². The number of carbonyl (C=O) groups excluding carboxylic acids is 1. The van der Waals surface area contributed by atoms with Gasteiger partial charge in [0.05, 0.1) is 22.6 Å². The van der Waals surface area contributed by atoms with Crippen molar-refractivity contribution in [1.82, 2.24) is 4.57 Å². The summed E-state index contributed by atoms with van der Waals surface area (Å²) in [5.74, 6) is -1.41. The average molecular weight is 332 g/mol. The lowest BCUT2D eigenvalue weighted by Gasteiger charge is -2.10. The molecule has 2 aromatic rings. The number of aromatic carboxylic acids is 1. The first kappa shape index (κ1) is 14.9. The van der Waals surface area contributed by atoms with Gasteiger partial charge in [-0.1, -0.05) is 40.9 Å². The van der Waals surface area contributed by atoms with E-state index in [0.717, 1.165) is 6.07 Å². The van der Waals surface area contributed by atoms with E-state index in [-0.39, 0.29) is 17.1 Å². The first-order valence-electron chi connectivity index (χ1n) is 5.43. The zero-order chi connectivity index (χ0) is 14.9. The van der Waals surface area contributed by atoms with Crippen molar-refractivity contribution in [2.24, 2.45) is 0 Å². The molecule has 0 N–H and O–H groups in total. The predicted octanol–water partition coefficient (Wildman–Crippen LogP) is 2.22. The molecule has 20 heavy (non-hydrogen) atoms. The summed E-state index contributed by atoms with van der Waals surface area (Å²) in [4.78, 5) is 22.7. The van der Waals surface area contributed by atoms with Gasteiger partial charge < -0.3 is 14.5 Å². The van der Waals surface area contributed by atoms with Crippen LogP contribution in [0.3, 0.4) is 0 Å². The summed E-state index contributed by atoms with van der Waals surface area (Å²) >= 11 is 17.4. The molecule has 0 aliphatic heterocycles. The van der Waals surface area contributed by atoms with Gasteiger partial charge in [0.1, 0.15) is 5.02 Å². The highest BCUT2D eigenvalue weighted by Gasteiger charge is 2.07. The summed E-state index contributed by atoms with van der Waals surface area (Å²) in [6, 6.07) is 5.93. The van der Waals surface area contributed by atoms with Crippen LogP contribution in [-0.2, 0) is 6.54 Å². The van der Waals surface area contributed by atoms with Crippen LogP contribution in [0.4, 0.5) is 0 Å². The van der Waals surface area contributed by atoms with Crippen LogP contribution in [-0.4, -0.2) is 10.5 Å². The monoisotopic (exact) mass is 330 g/mol. The molecule has 1 aromatic heterocycles. The molecule has 0 bridgehead atoms. The van der Waals surface area contributed by atoms with Crippen molar-refractivity contribution in [1.29, 1.82) is 0 Å². The van der Waals surface area contributed by atoms with E-state index in [1.807, 2.05) is 0 Å². The molecule has 0 spiro atoms. The minimum Gasteiger partial charge on any atom is -0.545 e. The maximum atomic E-state index is 11.9. The Morgan fingerprint density at radius 2 is 1.80 bits per heavy atom. The third kappa shape index (κ3) is 3.15. The third-order valence-electron chi connectivity index (χ3n) is 2.61. The number of hydrogen-bond donors (Lipinski definition) is 0. The molecule has 0 fully saturated rings. The Hall–Kier alpha value is -1.49. The van der Waals surface area contributed by atoms with Crippen molar-refractivity contribution in [2.45, 2.75) is 6.54 Å². The third-order valence-corrected chi connectivity index (χ3v) is 3.62. The number of pyridine rings is 1. The zero-order valence-corrected chi connectivity index (χ0v) is 12.2. The van der Waals surface area contributed by atoms with Crippen molar-refractivity contribution in [3.63, 3.8) is 0 Å². The summed E-state index contributed by atoms with van der Waals surface area (Å²) in [5, 5.41) is 11.4. The first-order chi connectivity index (χ1) is 9.38. The minimum atomic E-state index is -1.41. The van der Waals surface area contributed by atoms with E-state index in [1.165, 1.54) is 10.8 Å². The Morgan fingerprint density at radius 1 is 1.10 bits per heavy atom. The number of rotatable bonds is 3. The number of aromatic nitrogens is 1. The van der Waals surface area contributed by atoms with Crippen LogP contribution in [0.1, 0.15) is 15.9 Å². The Kier molecular flexibility index (Phi) is 4.38. The highest BCUT2D eigenvalue weighted by molar-refractivity contribution is 6.42. The van der Waals surface area contributed by atoms with Crippen molar-refractivity contribution >= 4 is 40.8 Å². The molecular formula is C13H7Cl3NO3-. The molecule has 0 radical (unpaired) electrons. The zero-order valence-electron chi connectivity index (χ0n) is 9.90. The van der Waals surface area contributed by atoms with E-state index in [1.54, 1.807) is 18.2 Å². The molecule has 0 aliphatic rings. The van der Waals surface area contributed by atoms with Crippen molar-refractivity contribution < 1.29 is 9.90 Å². The molecule has 0 atom stereocenters. The second-order valence-corrected chi connectivity index (χ2v) is 5.27. The average Bonchev–Trinajstić information content (AvgIpc) is 2.38. The summed E-state index contributed by atoms with van der Waals surface area (Å²) in [6.07, 6.45) is 1.17. The van der Waals surface area contributed by atoms with Gasteiger partial charge in [0, 0.05) is 11.8 Å². The van der Waals surface area contributed by atoms with E-state index in [0.29, 0.717) is 15.6 Å². The maximum absolute atomic E-state index is 11.9. The molecule has 2 rings (SSSR count). The quantitative estimate of drug-likeness (QED) is 0.866. The molecule has 0 unspecified atom stereocenters. The fraction of sp³-hybridized carbons (Fsp3) is 0.0769. The summed E-state index contributed by atoms with van der Waals surface area (Å²) in [7, 11) is 0. The van der Waals surface area contributed by atoms with Crippen LogP contribution in [0, 0.1) is 0 Å². The van der Waals surface area contributed by atoms with Gasteiger partial charge in [-0.3, -0.25) is 4.79 Å². The van der Waals surface area contributed by atoms with Gasteiger partial charge in [0.25, 0.3) is 5.56 Å². The Morgan fingerprint density at radius 3 is 2.40 bits per heavy atom. The van der Waals surface area contributed by atoms with Crippen LogP contribution in [0.15, 0.2) is 35.3 Å². The van der Waals surface area contributed by atoms with Crippen LogP contribution in [0.2, 0.25) is 15.1 Å². The molecule has 0 saturated heterocycles. The number of hydrogen-bond acceptors (Lipinski definition) is 3. The van der Waals surface area contributed by atoms with Crippen molar-refractivity contribution in [2.75, 3.05) is 0 Å². The number of halogens is 3. The van der Waals surface area contributed by atoms with E-state index in [9.17, 15) is 14.7 Å². The lowest BCUT2D eigenvalue weighted by Crippen LogP contribution is -2.27. The number of carboxylic acid groups (broad SMARTS) is 1. The number of carboxylic acids is 1. The highest BCUT2D eigenvalue weighted by Crippen LogP contribution is 2.23. The van der Waals surface area contributed by atoms with Gasteiger partial charge in [-0.25, -0.2) is 0 Å². The number of nitrogens with zero attached hydrogens (tertiary/aromatic N) is 1. The second-order valence-electron chi connectivity index (χ2n) is 4.05. The van der Waals surface area contributed by atoms with Crippen LogP contribution < -0.4 is 10.7 Å². The summed E-state index contributed by atoms with van der Waals surface area (Å²) in [6.45, 7) is 0.122. The van der Waals surface area contributed by atoms with Crippen molar-refractivity contribution in [3.8, 4) is 0 Å². The van der Waals surface area contributed by atoms with Crippen LogP contribution >= 0.6 is 34.8 Å². The first-order valence-corrected chi connectivity index (χ1v) is 6.57. The van der Waals surface area contributed by atoms with Gasteiger partial charge in [-0.15, -0.1) is 0 Å². The Balaban J connectivity index is 2.44. The van der Waals surface area contributed by atoms with Crippen LogP contribution in [0.25, 0.3) is 0 Å². The fourth-order valence-electron chi connectivity index (χ4n) is 1.66. The molecule has 1 aromatic carbocycles. The fourth-order valence-corrected chi connectivity index (χ4v) is 2.21. The maximum Gasteiger partial charge on any atom is 0.269 e. The van der Waals surface area contributed by atoms with E-state index >= 15 is 0 Å². The summed E-state index contributed by atoms with van der Waals surface area (Å²) < 4.78 is 1.17. The molecule has 7 heteroatoms. The summed E-state index contributed by atoms with van der Waals surface area (Å²) in [5.41, 5.74) is 0.0189. The minimum absolute atomic E-state index is 0.122. The molecule has 0 aliphatic carbocycles.